The number of hydrogen-bond donors (Lipinski definition) is 1. The second-order valence-electron chi connectivity index (χ2n) is 7.94. The second-order valence-corrected chi connectivity index (χ2v) is 7.94. The van der Waals surface area contributed by atoms with Crippen molar-refractivity contribution >= 4 is 29.0 Å². The monoisotopic (exact) mass is 405 g/mol. The van der Waals surface area contributed by atoms with Crippen LogP contribution in [0.2, 0.25) is 0 Å². The maximum absolute atomic E-state index is 12.7. The molecule has 2 aliphatic rings. The lowest BCUT2D eigenvalue weighted by atomic mass is 10.1. The molecule has 1 saturated heterocycles. The minimum atomic E-state index is -0.249. The highest BCUT2D eigenvalue weighted by Crippen LogP contribution is 2.25. The maximum Gasteiger partial charge on any atom is 0.267 e. The average Bonchev–Trinajstić information content (AvgIpc) is 3.29. The van der Waals surface area contributed by atoms with E-state index in [0.29, 0.717) is 18.7 Å². The highest BCUT2D eigenvalue weighted by atomic mass is 16.2. The molecular weight excluding hydrogens is 378 g/mol. The molecule has 2 aliphatic heterocycles. The summed E-state index contributed by atoms with van der Waals surface area (Å²) in [6.07, 6.45) is 4.85. The first-order valence-corrected chi connectivity index (χ1v) is 10.5. The molecule has 7 heteroatoms. The van der Waals surface area contributed by atoms with E-state index in [9.17, 15) is 9.59 Å². The van der Waals surface area contributed by atoms with E-state index in [2.05, 4.69) is 20.3 Å². The van der Waals surface area contributed by atoms with Crippen molar-refractivity contribution in [3.63, 3.8) is 0 Å². The van der Waals surface area contributed by atoms with Gasteiger partial charge in [-0.25, -0.2) is 9.99 Å². The number of hydrazone groups is 1. The fourth-order valence-corrected chi connectivity index (χ4v) is 3.79. The minimum absolute atomic E-state index is 0.0954. The zero-order valence-corrected chi connectivity index (χ0v) is 17.5. The minimum Gasteiger partial charge on any atom is -0.357 e. The average molecular weight is 406 g/mol. The van der Waals surface area contributed by atoms with Gasteiger partial charge in [-0.15, -0.1) is 0 Å². The molecule has 0 radical (unpaired) electrons. The summed E-state index contributed by atoms with van der Waals surface area (Å²) in [6.45, 7) is 6.39. The van der Waals surface area contributed by atoms with Gasteiger partial charge in [-0.3, -0.25) is 9.59 Å². The van der Waals surface area contributed by atoms with Crippen LogP contribution in [0.5, 0.6) is 0 Å². The first-order chi connectivity index (χ1) is 14.5. The Labute approximate surface area is 176 Å². The number of aryl methyl sites for hydroxylation is 2. The van der Waals surface area contributed by atoms with Crippen molar-refractivity contribution < 1.29 is 9.59 Å². The van der Waals surface area contributed by atoms with Crippen LogP contribution in [-0.2, 0) is 16.1 Å². The summed E-state index contributed by atoms with van der Waals surface area (Å²) < 4.78 is 0. The number of anilines is 2. The predicted molar refractivity (Wildman–Crippen MR) is 118 cm³/mol. The van der Waals surface area contributed by atoms with Gasteiger partial charge < -0.3 is 10.2 Å². The van der Waals surface area contributed by atoms with Gasteiger partial charge in [0.05, 0.1) is 5.69 Å². The van der Waals surface area contributed by atoms with E-state index in [4.69, 9.17) is 0 Å². The van der Waals surface area contributed by atoms with Crippen molar-refractivity contribution in [3.05, 3.63) is 53.2 Å². The Morgan fingerprint density at radius 2 is 1.90 bits per heavy atom. The molecule has 1 N–H and O–H groups in total. The van der Waals surface area contributed by atoms with Gasteiger partial charge >= 0.3 is 0 Å². The number of carbonyl (C=O) groups is 2. The van der Waals surface area contributed by atoms with E-state index >= 15 is 0 Å². The highest BCUT2D eigenvalue weighted by Gasteiger charge is 2.26. The van der Waals surface area contributed by atoms with Gasteiger partial charge in [0.1, 0.15) is 11.5 Å². The van der Waals surface area contributed by atoms with Crippen LogP contribution < -0.4 is 15.2 Å². The van der Waals surface area contributed by atoms with E-state index in [1.807, 2.05) is 50.4 Å². The van der Waals surface area contributed by atoms with Crippen LogP contribution in [0.1, 0.15) is 42.4 Å². The van der Waals surface area contributed by atoms with Crippen LogP contribution in [0.25, 0.3) is 0 Å². The van der Waals surface area contributed by atoms with Gasteiger partial charge in [0.2, 0.25) is 5.91 Å². The highest BCUT2D eigenvalue weighted by molar-refractivity contribution is 6.40. The number of pyridine rings is 1. The van der Waals surface area contributed by atoms with E-state index in [1.54, 1.807) is 0 Å². The van der Waals surface area contributed by atoms with Crippen molar-refractivity contribution in [2.75, 3.05) is 23.0 Å². The van der Waals surface area contributed by atoms with Crippen molar-refractivity contribution in [1.82, 2.24) is 10.3 Å². The van der Waals surface area contributed by atoms with E-state index in [0.717, 1.165) is 41.3 Å². The first-order valence-electron chi connectivity index (χ1n) is 10.5. The summed E-state index contributed by atoms with van der Waals surface area (Å²) in [5, 5.41) is 8.66. The third kappa shape index (κ3) is 4.35. The Morgan fingerprint density at radius 1 is 1.10 bits per heavy atom. The van der Waals surface area contributed by atoms with Gasteiger partial charge in [-0.1, -0.05) is 18.2 Å². The molecule has 4 rings (SSSR count). The lowest BCUT2D eigenvalue weighted by Crippen LogP contribution is -2.39. The summed E-state index contributed by atoms with van der Waals surface area (Å²) in [4.78, 5) is 31.9. The normalized spacial score (nSPS) is 16.6. The van der Waals surface area contributed by atoms with Crippen LogP contribution in [0.15, 0.2) is 41.6 Å². The molecular formula is C23H27N5O2. The second kappa shape index (κ2) is 8.65. The Balaban J connectivity index is 1.42. The van der Waals surface area contributed by atoms with Crippen molar-refractivity contribution in [3.8, 4) is 0 Å². The zero-order chi connectivity index (χ0) is 21.1. The number of hydrogen-bond acceptors (Lipinski definition) is 5. The quantitative estimate of drug-likeness (QED) is 0.829. The van der Waals surface area contributed by atoms with Gasteiger partial charge in [0.25, 0.3) is 5.91 Å². The standard InChI is InChI=1S/C23H27N5O2/c1-16-5-6-17(2)20(13-16)28-22(29)10-8-19(26-28)23(30)25-15-18-7-9-21(24-14-18)27-11-3-4-12-27/h5-7,9,13-14H,3-4,8,10-12,15H2,1-2H3,(H,25,30). The fourth-order valence-electron chi connectivity index (χ4n) is 3.79. The number of carbonyl (C=O) groups excluding carboxylic acids is 2. The number of benzene rings is 1. The molecule has 0 unspecified atom stereocenters. The van der Waals surface area contributed by atoms with Crippen LogP contribution in [0.3, 0.4) is 0 Å². The number of aromatic nitrogens is 1. The molecule has 2 aromatic rings. The predicted octanol–water partition coefficient (Wildman–Crippen LogP) is 3.10. The molecule has 0 spiro atoms. The fraction of sp³-hybridized carbons (Fsp3) is 0.391. The van der Waals surface area contributed by atoms with E-state index in [1.165, 1.54) is 17.9 Å². The third-order valence-corrected chi connectivity index (χ3v) is 5.58. The summed E-state index contributed by atoms with van der Waals surface area (Å²) in [5.74, 6) is 0.644. The molecule has 156 valence electrons. The van der Waals surface area contributed by atoms with Crippen LogP contribution in [-0.4, -0.2) is 35.6 Å². The SMILES string of the molecule is Cc1ccc(C)c(N2N=C(C(=O)NCc3ccc(N4CCCC4)nc3)CCC2=O)c1. The van der Waals surface area contributed by atoms with Gasteiger partial charge in [0, 0.05) is 38.7 Å². The number of rotatable bonds is 5. The molecule has 0 aliphatic carbocycles. The molecule has 0 atom stereocenters. The Hall–Kier alpha value is -3.22. The number of nitrogens with one attached hydrogen (secondary N) is 1. The van der Waals surface area contributed by atoms with Crippen LogP contribution in [0.4, 0.5) is 11.5 Å². The Bertz CT molecular complexity index is 978. The molecule has 0 saturated carbocycles. The van der Waals surface area contributed by atoms with Crippen LogP contribution in [0, 0.1) is 13.8 Å². The zero-order valence-electron chi connectivity index (χ0n) is 17.5. The van der Waals surface area contributed by atoms with E-state index < -0.39 is 0 Å². The molecule has 2 amide bonds. The molecule has 7 nitrogen and oxygen atoms in total. The largest absolute Gasteiger partial charge is 0.357 e. The Morgan fingerprint density at radius 3 is 2.63 bits per heavy atom. The molecule has 1 aromatic carbocycles. The molecule has 30 heavy (non-hydrogen) atoms. The molecule has 3 heterocycles. The smallest absolute Gasteiger partial charge is 0.267 e. The third-order valence-electron chi connectivity index (χ3n) is 5.58. The van der Waals surface area contributed by atoms with Crippen molar-refractivity contribution in [1.29, 1.82) is 0 Å². The topological polar surface area (TPSA) is 77.9 Å². The summed E-state index contributed by atoms with van der Waals surface area (Å²) in [5.41, 5.74) is 4.03. The lowest BCUT2D eigenvalue weighted by Gasteiger charge is -2.24. The maximum atomic E-state index is 12.7. The Kier molecular flexibility index (Phi) is 5.79. The van der Waals surface area contributed by atoms with Crippen LogP contribution >= 0.6 is 0 Å². The van der Waals surface area contributed by atoms with Crippen molar-refractivity contribution in [2.45, 2.75) is 46.1 Å². The summed E-state index contributed by atoms with van der Waals surface area (Å²) >= 11 is 0. The lowest BCUT2D eigenvalue weighted by molar-refractivity contribution is -0.119. The molecule has 1 fully saturated rings. The molecule has 0 bridgehead atoms. The van der Waals surface area contributed by atoms with Gasteiger partial charge in [0.15, 0.2) is 0 Å². The van der Waals surface area contributed by atoms with E-state index in [-0.39, 0.29) is 18.2 Å². The summed E-state index contributed by atoms with van der Waals surface area (Å²) in [7, 11) is 0. The van der Waals surface area contributed by atoms with Gasteiger partial charge in [-0.05, 0) is 55.5 Å². The molecule has 1 aromatic heterocycles. The van der Waals surface area contributed by atoms with Crippen molar-refractivity contribution in [2.24, 2.45) is 5.10 Å². The number of nitrogens with zero attached hydrogens (tertiary/aromatic N) is 4. The number of amides is 2. The van der Waals surface area contributed by atoms with Gasteiger partial charge in [-0.2, -0.15) is 5.10 Å². The first kappa shape index (κ1) is 20.1. The summed E-state index contributed by atoms with van der Waals surface area (Å²) in [6, 6.07) is 9.88.